The van der Waals surface area contributed by atoms with Crippen LogP contribution in [0.25, 0.3) is 11.0 Å². The van der Waals surface area contributed by atoms with Crippen molar-refractivity contribution < 1.29 is 18.3 Å². The normalized spacial score (nSPS) is 15.1. The first-order valence-corrected chi connectivity index (χ1v) is 16.0. The van der Waals surface area contributed by atoms with E-state index in [9.17, 15) is 13.5 Å². The summed E-state index contributed by atoms with van der Waals surface area (Å²) in [5.41, 5.74) is 3.99. The highest BCUT2D eigenvalue weighted by molar-refractivity contribution is 7.89. The van der Waals surface area contributed by atoms with Gasteiger partial charge in [0, 0.05) is 45.2 Å². The van der Waals surface area contributed by atoms with Crippen LogP contribution in [0.2, 0.25) is 0 Å². The maximum atomic E-state index is 13.0. The number of hydrogen-bond acceptors (Lipinski definition) is 6. The van der Waals surface area contributed by atoms with Crippen LogP contribution in [0.3, 0.4) is 0 Å². The van der Waals surface area contributed by atoms with Crippen LogP contribution in [0.5, 0.6) is 5.75 Å². The average Bonchev–Trinajstić information content (AvgIpc) is 3.38. The number of sulfonamides is 1. The van der Waals surface area contributed by atoms with E-state index < -0.39 is 10.0 Å². The van der Waals surface area contributed by atoms with E-state index >= 15 is 0 Å². The van der Waals surface area contributed by atoms with E-state index in [-0.39, 0.29) is 6.61 Å². The van der Waals surface area contributed by atoms with Gasteiger partial charge in [-0.2, -0.15) is 4.31 Å². The van der Waals surface area contributed by atoms with Crippen molar-refractivity contribution in [3.8, 4) is 5.75 Å². The van der Waals surface area contributed by atoms with Crippen LogP contribution >= 0.6 is 0 Å². The molecule has 1 aromatic heterocycles. The summed E-state index contributed by atoms with van der Waals surface area (Å²) in [6, 6.07) is 23.6. The van der Waals surface area contributed by atoms with Crippen LogP contribution in [-0.4, -0.2) is 71.6 Å². The quantitative estimate of drug-likeness (QED) is 0.259. The number of aliphatic hydroxyl groups is 1. The number of imidazole rings is 1. The highest BCUT2D eigenvalue weighted by Gasteiger charge is 2.25. The maximum Gasteiger partial charge on any atom is 0.243 e. The summed E-state index contributed by atoms with van der Waals surface area (Å²) in [6.45, 7) is 7.87. The van der Waals surface area contributed by atoms with Gasteiger partial charge in [-0.3, -0.25) is 4.90 Å². The zero-order chi connectivity index (χ0) is 28.8. The molecule has 1 aliphatic rings. The molecule has 0 bridgehead atoms. The fourth-order valence-electron chi connectivity index (χ4n) is 5.84. The second-order valence-electron chi connectivity index (χ2n) is 10.5. The standard InChI is InChI=1S/C32H40N4O4S/c1-3-35(4-2)41(38,39)28-12-9-10-25(23-28)22-26-11-5-8-15-31(26)40-21-20-34-18-16-27(17-19-34)36-30-14-7-6-13-29(30)33-32(36)24-37/h5-15,23,27,37H,3-4,16-22,24H2,1-2H3. The summed E-state index contributed by atoms with van der Waals surface area (Å²) in [7, 11) is -3.51. The molecule has 8 nitrogen and oxygen atoms in total. The molecule has 0 aliphatic carbocycles. The molecule has 9 heteroatoms. The number of aliphatic hydroxyl groups excluding tert-OH is 1. The van der Waals surface area contributed by atoms with E-state index in [0.717, 1.165) is 66.2 Å². The summed E-state index contributed by atoms with van der Waals surface area (Å²) < 4.78 is 36.0. The fourth-order valence-corrected chi connectivity index (χ4v) is 7.37. The van der Waals surface area contributed by atoms with Gasteiger partial charge in [0.1, 0.15) is 24.8 Å². The van der Waals surface area contributed by atoms with E-state index in [1.807, 2.05) is 68.4 Å². The number of piperidine rings is 1. The molecule has 0 spiro atoms. The number of ether oxygens (including phenoxy) is 1. The van der Waals surface area contributed by atoms with Crippen LogP contribution in [0.4, 0.5) is 0 Å². The Hall–Kier alpha value is -3.24. The van der Waals surface area contributed by atoms with Crippen molar-refractivity contribution in [3.05, 3.63) is 89.7 Å². The summed E-state index contributed by atoms with van der Waals surface area (Å²) in [6.07, 6.45) is 2.59. The van der Waals surface area contributed by atoms with Gasteiger partial charge in [0.15, 0.2) is 0 Å². The largest absolute Gasteiger partial charge is 0.492 e. The van der Waals surface area contributed by atoms with Crippen molar-refractivity contribution in [2.75, 3.05) is 39.3 Å². The molecule has 4 aromatic rings. The molecule has 1 N–H and O–H groups in total. The second-order valence-corrected chi connectivity index (χ2v) is 12.4. The lowest BCUT2D eigenvalue weighted by Gasteiger charge is -2.33. The predicted octanol–water partition coefficient (Wildman–Crippen LogP) is 4.87. The Morgan fingerprint density at radius 1 is 0.976 bits per heavy atom. The number of para-hydroxylation sites is 3. The third-order valence-corrected chi connectivity index (χ3v) is 10.1. The molecule has 0 amide bonds. The van der Waals surface area contributed by atoms with E-state index in [2.05, 4.69) is 20.5 Å². The molecule has 2 heterocycles. The first kappa shape index (κ1) is 29.3. The number of hydrogen-bond donors (Lipinski definition) is 1. The van der Waals surface area contributed by atoms with Crippen LogP contribution in [-0.2, 0) is 23.1 Å². The third kappa shape index (κ3) is 6.48. The molecular formula is C32H40N4O4S. The summed E-state index contributed by atoms with van der Waals surface area (Å²) >= 11 is 0. The number of rotatable bonds is 12. The number of aromatic nitrogens is 2. The van der Waals surface area contributed by atoms with Gasteiger partial charge in [0.25, 0.3) is 0 Å². The van der Waals surface area contributed by atoms with E-state index in [1.54, 1.807) is 12.1 Å². The summed E-state index contributed by atoms with van der Waals surface area (Å²) in [5.74, 6) is 1.57. The molecule has 0 atom stereocenters. The predicted molar refractivity (Wildman–Crippen MR) is 162 cm³/mol. The number of benzene rings is 3. The topological polar surface area (TPSA) is 87.9 Å². The minimum absolute atomic E-state index is 0.0574. The second kappa shape index (κ2) is 13.2. The number of likely N-dealkylation sites (tertiary alicyclic amines) is 1. The number of fused-ring (bicyclic) bond motifs is 1. The van der Waals surface area contributed by atoms with Crippen LogP contribution < -0.4 is 4.74 Å². The van der Waals surface area contributed by atoms with Crippen LogP contribution in [0.1, 0.15) is 49.7 Å². The highest BCUT2D eigenvalue weighted by atomic mass is 32.2. The van der Waals surface area contributed by atoms with Crippen molar-refractivity contribution in [2.45, 2.75) is 50.7 Å². The molecule has 1 aliphatic heterocycles. The van der Waals surface area contributed by atoms with Gasteiger partial charge in [-0.15, -0.1) is 0 Å². The van der Waals surface area contributed by atoms with Crippen LogP contribution in [0, 0.1) is 0 Å². The first-order valence-electron chi connectivity index (χ1n) is 14.5. The maximum absolute atomic E-state index is 13.0. The Balaban J connectivity index is 1.18. The molecule has 1 fully saturated rings. The lowest BCUT2D eigenvalue weighted by atomic mass is 10.0. The highest BCUT2D eigenvalue weighted by Crippen LogP contribution is 2.29. The van der Waals surface area contributed by atoms with Gasteiger partial charge in [-0.25, -0.2) is 13.4 Å². The Labute approximate surface area is 243 Å². The molecule has 0 radical (unpaired) electrons. The van der Waals surface area contributed by atoms with Crippen molar-refractivity contribution in [1.82, 2.24) is 18.8 Å². The minimum atomic E-state index is -3.51. The molecule has 3 aromatic carbocycles. The van der Waals surface area contributed by atoms with Gasteiger partial charge < -0.3 is 14.4 Å². The summed E-state index contributed by atoms with van der Waals surface area (Å²) in [5, 5.41) is 9.89. The van der Waals surface area contributed by atoms with Crippen molar-refractivity contribution in [1.29, 1.82) is 0 Å². The van der Waals surface area contributed by atoms with Gasteiger partial charge in [-0.05, 0) is 54.3 Å². The van der Waals surface area contributed by atoms with Crippen LogP contribution in [0.15, 0.2) is 77.7 Å². The Morgan fingerprint density at radius 3 is 2.46 bits per heavy atom. The van der Waals surface area contributed by atoms with Gasteiger partial charge in [0.05, 0.1) is 15.9 Å². The third-order valence-electron chi connectivity index (χ3n) is 8.01. The molecule has 1 saturated heterocycles. The molecule has 5 rings (SSSR count). The molecular weight excluding hydrogens is 536 g/mol. The van der Waals surface area contributed by atoms with Gasteiger partial charge in [0.2, 0.25) is 10.0 Å². The molecule has 0 saturated carbocycles. The van der Waals surface area contributed by atoms with Crippen molar-refractivity contribution >= 4 is 21.1 Å². The minimum Gasteiger partial charge on any atom is -0.492 e. The zero-order valence-corrected chi connectivity index (χ0v) is 24.8. The smallest absolute Gasteiger partial charge is 0.243 e. The lowest BCUT2D eigenvalue weighted by molar-refractivity contribution is 0.154. The van der Waals surface area contributed by atoms with E-state index in [4.69, 9.17) is 4.74 Å². The van der Waals surface area contributed by atoms with E-state index in [0.29, 0.717) is 37.1 Å². The monoisotopic (exact) mass is 576 g/mol. The first-order chi connectivity index (χ1) is 19.9. The summed E-state index contributed by atoms with van der Waals surface area (Å²) in [4.78, 5) is 7.38. The zero-order valence-electron chi connectivity index (χ0n) is 23.9. The lowest BCUT2D eigenvalue weighted by Crippen LogP contribution is -2.37. The Morgan fingerprint density at radius 2 is 1.71 bits per heavy atom. The Bertz CT molecular complexity index is 1560. The van der Waals surface area contributed by atoms with Crippen molar-refractivity contribution in [3.63, 3.8) is 0 Å². The molecule has 0 unspecified atom stereocenters. The molecule has 41 heavy (non-hydrogen) atoms. The van der Waals surface area contributed by atoms with Crippen molar-refractivity contribution in [2.24, 2.45) is 0 Å². The van der Waals surface area contributed by atoms with Gasteiger partial charge >= 0.3 is 0 Å². The SMILES string of the molecule is CCN(CC)S(=O)(=O)c1cccc(Cc2ccccc2OCCN2CCC(n3c(CO)nc4ccccc43)CC2)c1. The van der Waals surface area contributed by atoms with Gasteiger partial charge in [-0.1, -0.05) is 56.3 Å². The molecule has 218 valence electrons. The fraction of sp³-hybridized carbons (Fsp3) is 0.406. The van der Waals surface area contributed by atoms with E-state index in [1.165, 1.54) is 4.31 Å². The Kier molecular flexibility index (Phi) is 9.39. The average molecular weight is 577 g/mol. The number of nitrogens with zero attached hydrogens (tertiary/aromatic N) is 4.